The minimum absolute atomic E-state index is 0.183. The third-order valence-corrected chi connectivity index (χ3v) is 6.65. The van der Waals surface area contributed by atoms with Gasteiger partial charge in [0.2, 0.25) is 5.71 Å². The molecule has 1 aliphatic heterocycles. The number of rotatable bonds is 6. The van der Waals surface area contributed by atoms with Crippen LogP contribution in [0.15, 0.2) is 59.0 Å². The fraction of sp³-hybridized carbons (Fsp3) is 0.333. The molecule has 6 heteroatoms. The molecule has 170 valence electrons. The number of ether oxygens (including phenoxy) is 1. The first-order valence-electron chi connectivity index (χ1n) is 11.5. The molecule has 0 saturated carbocycles. The average molecular weight is 444 g/mol. The summed E-state index contributed by atoms with van der Waals surface area (Å²) in [5.41, 5.74) is 4.03. The Kier molecular flexibility index (Phi) is 6.01. The van der Waals surface area contributed by atoms with Gasteiger partial charge in [-0.15, -0.1) is 0 Å². The Morgan fingerprint density at radius 1 is 1.12 bits per heavy atom. The molecule has 1 aliphatic rings. The smallest absolute Gasteiger partial charge is 0.287 e. The number of furan rings is 1. The van der Waals surface area contributed by atoms with E-state index in [0.29, 0.717) is 23.9 Å². The van der Waals surface area contributed by atoms with Crippen LogP contribution in [0.5, 0.6) is 5.75 Å². The third-order valence-electron chi connectivity index (χ3n) is 6.65. The maximum absolute atomic E-state index is 12.7. The van der Waals surface area contributed by atoms with E-state index in [-0.39, 0.29) is 5.91 Å². The minimum Gasteiger partial charge on any atom is -0.497 e. The monoisotopic (exact) mass is 443 g/mol. The van der Waals surface area contributed by atoms with Crippen LogP contribution in [0.3, 0.4) is 0 Å². The molecular formula is C27H29N3O3. The molecule has 3 heterocycles. The highest BCUT2D eigenvalue weighted by Crippen LogP contribution is 2.26. The van der Waals surface area contributed by atoms with Gasteiger partial charge >= 0.3 is 0 Å². The van der Waals surface area contributed by atoms with Gasteiger partial charge in [-0.3, -0.25) is 9.69 Å². The molecule has 0 radical (unpaired) electrons. The van der Waals surface area contributed by atoms with E-state index in [4.69, 9.17) is 9.15 Å². The Hall–Kier alpha value is -3.38. The Labute approximate surface area is 193 Å². The molecule has 1 amide bonds. The predicted octanol–water partition coefficient (Wildman–Crippen LogP) is 4.94. The zero-order chi connectivity index (χ0) is 22.8. The number of carbonyl (C=O) groups is 1. The van der Waals surface area contributed by atoms with Crippen molar-refractivity contribution in [3.05, 3.63) is 71.5 Å². The molecule has 6 nitrogen and oxygen atoms in total. The Balaban J connectivity index is 1.17. The van der Waals surface area contributed by atoms with Crippen molar-refractivity contribution in [2.45, 2.75) is 26.3 Å². The fourth-order valence-corrected chi connectivity index (χ4v) is 4.55. The molecule has 0 bridgehead atoms. The van der Waals surface area contributed by atoms with Gasteiger partial charge in [-0.2, -0.15) is 0 Å². The number of methoxy groups -OCH3 is 1. The van der Waals surface area contributed by atoms with Crippen LogP contribution in [0.2, 0.25) is 0 Å². The standard InChI is InChI=1S/C27H29N3O3/c1-18-5-3-4-6-20(18)17-30-11-9-19(10-12-30)16-28-26(31)25-15-22-13-21-14-23(32-2)7-8-24(21)29-27(22)33-25/h3-8,13-15,19H,9-12,16-17H2,1-2H3,(H,28,31). The quantitative estimate of drug-likeness (QED) is 0.457. The summed E-state index contributed by atoms with van der Waals surface area (Å²) in [5, 5.41) is 4.83. The lowest BCUT2D eigenvalue weighted by Crippen LogP contribution is -2.38. The Bertz CT molecular complexity index is 1290. The van der Waals surface area contributed by atoms with Gasteiger partial charge in [0, 0.05) is 23.9 Å². The summed E-state index contributed by atoms with van der Waals surface area (Å²) in [6.45, 7) is 5.95. The Morgan fingerprint density at radius 3 is 2.73 bits per heavy atom. The lowest BCUT2D eigenvalue weighted by atomic mass is 9.96. The van der Waals surface area contributed by atoms with Gasteiger partial charge in [0.25, 0.3) is 5.91 Å². The number of piperidine rings is 1. The fourth-order valence-electron chi connectivity index (χ4n) is 4.55. The van der Waals surface area contributed by atoms with Crippen molar-refractivity contribution in [3.63, 3.8) is 0 Å². The van der Waals surface area contributed by atoms with Crippen molar-refractivity contribution in [1.82, 2.24) is 15.2 Å². The number of aromatic nitrogens is 1. The molecule has 33 heavy (non-hydrogen) atoms. The number of aryl methyl sites for hydroxylation is 1. The number of nitrogens with one attached hydrogen (secondary N) is 1. The van der Waals surface area contributed by atoms with E-state index in [9.17, 15) is 4.79 Å². The van der Waals surface area contributed by atoms with Crippen molar-refractivity contribution >= 4 is 27.9 Å². The number of benzene rings is 2. The number of hydrogen-bond acceptors (Lipinski definition) is 5. The van der Waals surface area contributed by atoms with E-state index in [1.54, 1.807) is 13.2 Å². The van der Waals surface area contributed by atoms with Crippen LogP contribution in [0, 0.1) is 12.8 Å². The van der Waals surface area contributed by atoms with Crippen LogP contribution in [0.4, 0.5) is 0 Å². The van der Waals surface area contributed by atoms with Gasteiger partial charge in [-0.25, -0.2) is 4.98 Å². The van der Waals surface area contributed by atoms with E-state index in [2.05, 4.69) is 46.4 Å². The van der Waals surface area contributed by atoms with Crippen molar-refractivity contribution in [3.8, 4) is 5.75 Å². The topological polar surface area (TPSA) is 67.6 Å². The van der Waals surface area contributed by atoms with Crippen LogP contribution in [-0.2, 0) is 6.54 Å². The summed E-state index contributed by atoms with van der Waals surface area (Å²) in [4.78, 5) is 19.8. The van der Waals surface area contributed by atoms with E-state index in [0.717, 1.165) is 54.5 Å². The van der Waals surface area contributed by atoms with E-state index in [1.165, 1.54) is 11.1 Å². The number of nitrogens with zero attached hydrogens (tertiary/aromatic N) is 2. The lowest BCUT2D eigenvalue weighted by molar-refractivity contribution is 0.0909. The molecule has 2 aromatic heterocycles. The molecule has 0 unspecified atom stereocenters. The summed E-state index contributed by atoms with van der Waals surface area (Å²) in [6.07, 6.45) is 2.17. The second kappa shape index (κ2) is 9.24. The molecule has 4 aromatic rings. The highest BCUT2D eigenvalue weighted by atomic mass is 16.5. The van der Waals surface area contributed by atoms with Gasteiger partial charge in [0.1, 0.15) is 5.75 Å². The maximum Gasteiger partial charge on any atom is 0.287 e. The zero-order valence-corrected chi connectivity index (χ0v) is 19.1. The van der Waals surface area contributed by atoms with Crippen molar-refractivity contribution in [2.75, 3.05) is 26.7 Å². The summed E-state index contributed by atoms with van der Waals surface area (Å²) in [6, 6.07) is 18.0. The first-order chi connectivity index (χ1) is 16.1. The molecule has 1 N–H and O–H groups in total. The lowest BCUT2D eigenvalue weighted by Gasteiger charge is -2.32. The molecule has 1 fully saturated rings. The molecule has 1 saturated heterocycles. The number of hydrogen-bond donors (Lipinski definition) is 1. The Morgan fingerprint density at radius 2 is 1.94 bits per heavy atom. The molecule has 0 aliphatic carbocycles. The van der Waals surface area contributed by atoms with Crippen LogP contribution in [-0.4, -0.2) is 42.5 Å². The SMILES string of the molecule is COc1ccc2nc3oc(C(=O)NCC4CCN(Cc5ccccc5C)CC4)cc3cc2c1. The summed E-state index contributed by atoms with van der Waals surface area (Å²) < 4.78 is 11.1. The molecular weight excluding hydrogens is 414 g/mol. The van der Waals surface area contributed by atoms with Crippen LogP contribution >= 0.6 is 0 Å². The third kappa shape index (κ3) is 4.71. The number of likely N-dealkylation sites (tertiary alicyclic amines) is 1. The van der Waals surface area contributed by atoms with Crippen molar-refractivity contribution < 1.29 is 13.9 Å². The van der Waals surface area contributed by atoms with Crippen LogP contribution in [0.25, 0.3) is 22.0 Å². The van der Waals surface area contributed by atoms with Gasteiger partial charge in [0.15, 0.2) is 5.76 Å². The molecule has 0 spiro atoms. The molecule has 2 aromatic carbocycles. The summed E-state index contributed by atoms with van der Waals surface area (Å²) in [5.74, 6) is 1.38. The van der Waals surface area contributed by atoms with Gasteiger partial charge in [-0.05, 0) is 80.2 Å². The number of amides is 1. The van der Waals surface area contributed by atoms with Gasteiger partial charge < -0.3 is 14.5 Å². The average Bonchev–Trinajstić information content (AvgIpc) is 3.26. The van der Waals surface area contributed by atoms with E-state index >= 15 is 0 Å². The largest absolute Gasteiger partial charge is 0.497 e. The van der Waals surface area contributed by atoms with E-state index < -0.39 is 0 Å². The molecule has 5 rings (SSSR count). The maximum atomic E-state index is 12.7. The first-order valence-corrected chi connectivity index (χ1v) is 11.5. The van der Waals surface area contributed by atoms with Gasteiger partial charge in [0.05, 0.1) is 12.6 Å². The van der Waals surface area contributed by atoms with Crippen LogP contribution in [0.1, 0.15) is 34.5 Å². The number of carbonyl (C=O) groups excluding carboxylic acids is 1. The summed E-state index contributed by atoms with van der Waals surface area (Å²) in [7, 11) is 1.64. The van der Waals surface area contributed by atoms with Crippen molar-refractivity contribution in [2.24, 2.45) is 5.92 Å². The van der Waals surface area contributed by atoms with Gasteiger partial charge in [-0.1, -0.05) is 24.3 Å². The number of fused-ring (bicyclic) bond motifs is 2. The number of pyridine rings is 1. The highest BCUT2D eigenvalue weighted by molar-refractivity contribution is 5.98. The zero-order valence-electron chi connectivity index (χ0n) is 19.1. The predicted molar refractivity (Wildman–Crippen MR) is 130 cm³/mol. The summed E-state index contributed by atoms with van der Waals surface area (Å²) >= 11 is 0. The first kappa shape index (κ1) is 21.5. The molecule has 0 atom stereocenters. The normalized spacial score (nSPS) is 15.2. The van der Waals surface area contributed by atoms with E-state index in [1.807, 2.05) is 24.3 Å². The minimum atomic E-state index is -0.183. The second-order valence-corrected chi connectivity index (χ2v) is 8.91. The van der Waals surface area contributed by atoms with Crippen molar-refractivity contribution in [1.29, 1.82) is 0 Å². The highest BCUT2D eigenvalue weighted by Gasteiger charge is 2.21. The van der Waals surface area contributed by atoms with Crippen LogP contribution < -0.4 is 10.1 Å². The second-order valence-electron chi connectivity index (χ2n) is 8.91.